The molecule has 2 unspecified atom stereocenters. The van der Waals surface area contributed by atoms with Crippen LogP contribution in [0.1, 0.15) is 50.2 Å². The van der Waals surface area contributed by atoms with E-state index in [1.807, 2.05) is 24.3 Å². The van der Waals surface area contributed by atoms with Crippen LogP contribution in [0.2, 0.25) is 0 Å². The van der Waals surface area contributed by atoms with Gasteiger partial charge in [0.2, 0.25) is 5.91 Å². The number of nitrogens with one attached hydrogen (secondary N) is 2. The van der Waals surface area contributed by atoms with Crippen molar-refractivity contribution in [3.8, 4) is 11.1 Å². The van der Waals surface area contributed by atoms with Crippen molar-refractivity contribution < 1.29 is 24.2 Å². The summed E-state index contributed by atoms with van der Waals surface area (Å²) >= 11 is 0. The van der Waals surface area contributed by atoms with Gasteiger partial charge in [-0.05, 0) is 48.9 Å². The molecule has 7 nitrogen and oxygen atoms in total. The Kier molecular flexibility index (Phi) is 6.40. The van der Waals surface area contributed by atoms with Crippen LogP contribution in [-0.2, 0) is 14.3 Å². The molecule has 174 valence electrons. The Hall–Kier alpha value is -3.35. The summed E-state index contributed by atoms with van der Waals surface area (Å²) < 4.78 is 5.57. The zero-order valence-electron chi connectivity index (χ0n) is 19.0. The van der Waals surface area contributed by atoms with Crippen molar-refractivity contribution in [3.63, 3.8) is 0 Å². The molecule has 0 aromatic heterocycles. The van der Waals surface area contributed by atoms with E-state index in [0.29, 0.717) is 12.8 Å². The third-order valence-electron chi connectivity index (χ3n) is 7.21. The number of ether oxygens (including phenoxy) is 1. The Balaban J connectivity index is 1.34. The van der Waals surface area contributed by atoms with Crippen LogP contribution in [0.4, 0.5) is 4.79 Å². The summed E-state index contributed by atoms with van der Waals surface area (Å²) in [6.45, 7) is 3.63. The fourth-order valence-corrected chi connectivity index (χ4v) is 4.68. The highest BCUT2D eigenvalue weighted by Crippen LogP contribution is 2.44. The van der Waals surface area contributed by atoms with Crippen molar-refractivity contribution in [2.24, 2.45) is 11.3 Å². The smallest absolute Gasteiger partial charge is 0.407 e. The molecule has 2 aliphatic carbocycles. The first-order valence-corrected chi connectivity index (χ1v) is 11.4. The Bertz CT molecular complexity index is 1020. The van der Waals surface area contributed by atoms with Gasteiger partial charge < -0.3 is 20.5 Å². The van der Waals surface area contributed by atoms with Crippen molar-refractivity contribution >= 4 is 18.0 Å². The molecule has 7 heteroatoms. The number of fused-ring (bicyclic) bond motifs is 3. The Morgan fingerprint density at radius 3 is 2.12 bits per heavy atom. The molecule has 0 aliphatic heterocycles. The maximum absolute atomic E-state index is 12.8. The Morgan fingerprint density at radius 2 is 1.61 bits per heavy atom. The average Bonchev–Trinajstić information content (AvgIpc) is 3.10. The molecule has 4 rings (SSSR count). The lowest BCUT2D eigenvalue weighted by molar-refractivity contribution is -0.143. The van der Waals surface area contributed by atoms with E-state index in [9.17, 15) is 14.4 Å². The van der Waals surface area contributed by atoms with E-state index < -0.39 is 29.4 Å². The summed E-state index contributed by atoms with van der Waals surface area (Å²) in [4.78, 5) is 36.5. The third kappa shape index (κ3) is 4.45. The number of rotatable bonds is 8. The van der Waals surface area contributed by atoms with Gasteiger partial charge >= 0.3 is 12.1 Å². The van der Waals surface area contributed by atoms with Crippen molar-refractivity contribution in [2.45, 2.75) is 45.1 Å². The number of hydrogen-bond acceptors (Lipinski definition) is 4. The van der Waals surface area contributed by atoms with Crippen molar-refractivity contribution in [2.75, 3.05) is 13.2 Å². The highest BCUT2D eigenvalue weighted by molar-refractivity contribution is 5.85. The quantitative estimate of drug-likeness (QED) is 0.565. The van der Waals surface area contributed by atoms with E-state index in [-0.39, 0.29) is 25.0 Å². The summed E-state index contributed by atoms with van der Waals surface area (Å²) in [5, 5.41) is 14.7. The zero-order valence-corrected chi connectivity index (χ0v) is 19.0. The van der Waals surface area contributed by atoms with Gasteiger partial charge in [-0.2, -0.15) is 0 Å². The molecule has 1 fully saturated rings. The van der Waals surface area contributed by atoms with Crippen LogP contribution < -0.4 is 10.6 Å². The van der Waals surface area contributed by atoms with Crippen LogP contribution >= 0.6 is 0 Å². The van der Waals surface area contributed by atoms with Gasteiger partial charge in [-0.3, -0.25) is 9.59 Å². The number of carboxylic acids is 1. The molecular weight excluding hydrogens is 420 g/mol. The molecule has 0 bridgehead atoms. The highest BCUT2D eigenvalue weighted by atomic mass is 16.5. The van der Waals surface area contributed by atoms with Crippen LogP contribution in [0.15, 0.2) is 48.5 Å². The lowest BCUT2D eigenvalue weighted by Crippen LogP contribution is -2.55. The van der Waals surface area contributed by atoms with Crippen LogP contribution in [0.3, 0.4) is 0 Å². The summed E-state index contributed by atoms with van der Waals surface area (Å²) in [7, 11) is 0. The molecule has 0 spiro atoms. The van der Waals surface area contributed by atoms with Gasteiger partial charge in [-0.25, -0.2) is 4.79 Å². The second-order valence-corrected chi connectivity index (χ2v) is 9.20. The molecule has 2 aromatic carbocycles. The number of carbonyl (C=O) groups is 3. The van der Waals surface area contributed by atoms with Gasteiger partial charge in [-0.15, -0.1) is 0 Å². The first kappa shape index (κ1) is 22.8. The Labute approximate surface area is 193 Å². The molecule has 3 N–H and O–H groups in total. The molecule has 0 saturated heterocycles. The number of aliphatic carboxylic acids is 1. The second kappa shape index (κ2) is 9.25. The van der Waals surface area contributed by atoms with E-state index in [0.717, 1.165) is 28.7 Å². The van der Waals surface area contributed by atoms with Crippen molar-refractivity contribution in [3.05, 3.63) is 59.7 Å². The van der Waals surface area contributed by atoms with E-state index in [1.165, 1.54) is 0 Å². The molecule has 0 heterocycles. The van der Waals surface area contributed by atoms with Gasteiger partial charge in [0, 0.05) is 18.5 Å². The predicted octanol–water partition coefficient (Wildman–Crippen LogP) is 3.92. The molecule has 2 aliphatic rings. The summed E-state index contributed by atoms with van der Waals surface area (Å²) in [6.07, 6.45) is 1.64. The maximum atomic E-state index is 12.8. The van der Waals surface area contributed by atoms with E-state index in [2.05, 4.69) is 34.9 Å². The topological polar surface area (TPSA) is 105 Å². The fourth-order valence-electron chi connectivity index (χ4n) is 4.68. The first-order valence-electron chi connectivity index (χ1n) is 11.4. The number of hydrogen-bond donors (Lipinski definition) is 3. The minimum absolute atomic E-state index is 0.0255. The number of benzene rings is 2. The Morgan fingerprint density at radius 1 is 1.03 bits per heavy atom. The van der Waals surface area contributed by atoms with Crippen molar-refractivity contribution in [1.82, 2.24) is 10.6 Å². The zero-order chi connectivity index (χ0) is 23.6. The van der Waals surface area contributed by atoms with Crippen LogP contribution in [0.25, 0.3) is 11.1 Å². The molecule has 0 radical (unpaired) electrons. The maximum Gasteiger partial charge on any atom is 0.407 e. The molecular formula is C26H30N2O5. The molecule has 33 heavy (non-hydrogen) atoms. The highest BCUT2D eigenvalue weighted by Gasteiger charge is 2.45. The molecule has 1 saturated carbocycles. The van der Waals surface area contributed by atoms with Gasteiger partial charge in [0.25, 0.3) is 0 Å². The minimum atomic E-state index is -0.956. The van der Waals surface area contributed by atoms with Gasteiger partial charge in [-0.1, -0.05) is 55.0 Å². The van der Waals surface area contributed by atoms with E-state index in [1.54, 1.807) is 13.8 Å². The predicted molar refractivity (Wildman–Crippen MR) is 124 cm³/mol. The standard InChI is InChI=1S/C26H30N2O5/c1-16(23(29)30)17(2)28-24(31)26(12-7-13-26)15-27-25(32)33-14-22-20-10-5-3-8-18(20)19-9-4-6-11-21(19)22/h3-6,8-11,16-17,22H,7,12-15H2,1-2H3,(H,27,32)(H,28,31)(H,29,30). The SMILES string of the molecule is CC(NC(=O)C1(CNC(=O)OCC2c3ccccc3-c3ccccc32)CCC1)C(C)C(=O)O. The third-order valence-corrected chi connectivity index (χ3v) is 7.21. The number of carboxylic acid groups (broad SMARTS) is 1. The number of amides is 2. The van der Waals surface area contributed by atoms with E-state index in [4.69, 9.17) is 9.84 Å². The number of carbonyl (C=O) groups excluding carboxylic acids is 2. The lowest BCUT2D eigenvalue weighted by Gasteiger charge is -2.41. The fraction of sp³-hybridized carbons (Fsp3) is 0.423. The molecule has 2 atom stereocenters. The number of alkyl carbamates (subject to hydrolysis) is 1. The lowest BCUT2D eigenvalue weighted by atomic mass is 9.67. The van der Waals surface area contributed by atoms with Gasteiger partial charge in [0.1, 0.15) is 6.61 Å². The summed E-state index contributed by atoms with van der Waals surface area (Å²) in [6, 6.07) is 15.8. The average molecular weight is 451 g/mol. The van der Waals surface area contributed by atoms with Gasteiger partial charge in [0.15, 0.2) is 0 Å². The van der Waals surface area contributed by atoms with Crippen LogP contribution in [0.5, 0.6) is 0 Å². The summed E-state index contributed by atoms with van der Waals surface area (Å²) in [5.41, 5.74) is 3.90. The van der Waals surface area contributed by atoms with Crippen molar-refractivity contribution in [1.29, 1.82) is 0 Å². The minimum Gasteiger partial charge on any atom is -0.481 e. The van der Waals surface area contributed by atoms with Gasteiger partial charge in [0.05, 0.1) is 11.3 Å². The normalized spacial score (nSPS) is 17.6. The monoisotopic (exact) mass is 450 g/mol. The van der Waals surface area contributed by atoms with Crippen LogP contribution in [0, 0.1) is 11.3 Å². The van der Waals surface area contributed by atoms with E-state index >= 15 is 0 Å². The summed E-state index contributed by atoms with van der Waals surface area (Å²) in [5.74, 6) is -1.89. The van der Waals surface area contributed by atoms with Crippen LogP contribution in [-0.4, -0.2) is 42.3 Å². The largest absolute Gasteiger partial charge is 0.481 e. The molecule has 2 aromatic rings. The second-order valence-electron chi connectivity index (χ2n) is 9.20. The molecule has 2 amide bonds. The first-order chi connectivity index (χ1) is 15.8.